The molecule has 0 aliphatic carbocycles. The standard InChI is InChI=1S/C13H29N3O2.HI/c1-11(2)9-18-8-6-7-15-13(14-4)16-12(3)10-17-5;/h11-12H,6-10H2,1-5H3,(H2,14,15,16);1H. The molecule has 0 heterocycles. The first kappa shape index (κ1) is 21.2. The average Bonchev–Trinajstić information content (AvgIpc) is 2.31. The van der Waals surface area contributed by atoms with Gasteiger partial charge in [0.1, 0.15) is 0 Å². The zero-order chi connectivity index (χ0) is 13.8. The molecule has 0 rings (SSSR count). The van der Waals surface area contributed by atoms with Gasteiger partial charge in [0.2, 0.25) is 0 Å². The summed E-state index contributed by atoms with van der Waals surface area (Å²) in [6.45, 7) is 9.51. The van der Waals surface area contributed by atoms with Crippen molar-refractivity contribution < 1.29 is 9.47 Å². The molecule has 0 aromatic heterocycles. The Hall–Kier alpha value is -0.0800. The van der Waals surface area contributed by atoms with Crippen LogP contribution in [-0.2, 0) is 9.47 Å². The number of halogens is 1. The molecule has 116 valence electrons. The second kappa shape index (κ2) is 14.3. The predicted molar refractivity (Wildman–Crippen MR) is 91.5 cm³/mol. The van der Waals surface area contributed by atoms with Gasteiger partial charge in [-0.15, -0.1) is 24.0 Å². The number of rotatable bonds is 9. The van der Waals surface area contributed by atoms with E-state index in [1.807, 2.05) is 0 Å². The lowest BCUT2D eigenvalue weighted by Gasteiger charge is -2.17. The Morgan fingerprint density at radius 3 is 2.42 bits per heavy atom. The van der Waals surface area contributed by atoms with Crippen LogP contribution < -0.4 is 10.6 Å². The summed E-state index contributed by atoms with van der Waals surface area (Å²) in [7, 11) is 3.46. The highest BCUT2D eigenvalue weighted by Gasteiger charge is 2.03. The van der Waals surface area contributed by atoms with Crippen LogP contribution in [0.25, 0.3) is 0 Å². The monoisotopic (exact) mass is 387 g/mol. The van der Waals surface area contributed by atoms with E-state index in [-0.39, 0.29) is 30.0 Å². The molecule has 1 unspecified atom stereocenters. The SMILES string of the molecule is CN=C(NCCCOCC(C)C)NC(C)COC.I. The third kappa shape index (κ3) is 14.1. The van der Waals surface area contributed by atoms with Crippen LogP contribution in [-0.4, -0.2) is 52.5 Å². The summed E-state index contributed by atoms with van der Waals surface area (Å²) in [6, 6.07) is 0.249. The lowest BCUT2D eigenvalue weighted by molar-refractivity contribution is 0.108. The van der Waals surface area contributed by atoms with Gasteiger partial charge in [-0.1, -0.05) is 13.8 Å². The molecular weight excluding hydrogens is 357 g/mol. The van der Waals surface area contributed by atoms with Gasteiger partial charge in [-0.25, -0.2) is 0 Å². The number of aliphatic imine (C=N–C) groups is 1. The Morgan fingerprint density at radius 1 is 1.21 bits per heavy atom. The van der Waals surface area contributed by atoms with Crippen molar-refractivity contribution in [1.82, 2.24) is 10.6 Å². The molecule has 19 heavy (non-hydrogen) atoms. The fraction of sp³-hybridized carbons (Fsp3) is 0.923. The van der Waals surface area contributed by atoms with E-state index in [1.54, 1.807) is 14.2 Å². The summed E-state index contributed by atoms with van der Waals surface area (Å²) in [5, 5.41) is 6.50. The quantitative estimate of drug-likeness (QED) is 0.275. The van der Waals surface area contributed by atoms with E-state index < -0.39 is 0 Å². The van der Waals surface area contributed by atoms with E-state index in [0.29, 0.717) is 12.5 Å². The Kier molecular flexibility index (Phi) is 16.0. The van der Waals surface area contributed by atoms with Crippen molar-refractivity contribution in [3.8, 4) is 0 Å². The van der Waals surface area contributed by atoms with Crippen molar-refractivity contribution in [2.45, 2.75) is 33.2 Å². The summed E-state index contributed by atoms with van der Waals surface area (Å²) < 4.78 is 10.6. The second-order valence-corrected chi connectivity index (χ2v) is 4.82. The highest BCUT2D eigenvalue weighted by Crippen LogP contribution is 1.92. The lowest BCUT2D eigenvalue weighted by Crippen LogP contribution is -2.44. The molecule has 0 amide bonds. The Morgan fingerprint density at radius 2 is 1.89 bits per heavy atom. The number of nitrogens with one attached hydrogen (secondary N) is 2. The zero-order valence-corrected chi connectivity index (χ0v) is 15.2. The zero-order valence-electron chi connectivity index (χ0n) is 12.9. The minimum absolute atomic E-state index is 0. The topological polar surface area (TPSA) is 54.9 Å². The maximum atomic E-state index is 5.51. The third-order valence-corrected chi connectivity index (χ3v) is 2.23. The maximum Gasteiger partial charge on any atom is 0.191 e. The van der Waals surface area contributed by atoms with Crippen LogP contribution in [0.5, 0.6) is 0 Å². The van der Waals surface area contributed by atoms with Gasteiger partial charge in [0.05, 0.1) is 6.61 Å². The number of guanidine groups is 1. The number of nitrogens with zero attached hydrogens (tertiary/aromatic N) is 1. The van der Waals surface area contributed by atoms with Crippen molar-refractivity contribution in [2.24, 2.45) is 10.9 Å². The van der Waals surface area contributed by atoms with Crippen LogP contribution in [0.3, 0.4) is 0 Å². The summed E-state index contributed by atoms with van der Waals surface area (Å²) in [6.07, 6.45) is 0.978. The van der Waals surface area contributed by atoms with Crippen molar-refractivity contribution in [2.75, 3.05) is 40.5 Å². The first-order valence-electron chi connectivity index (χ1n) is 6.64. The number of ether oxygens (including phenoxy) is 2. The molecule has 0 aromatic carbocycles. The van der Waals surface area contributed by atoms with Gasteiger partial charge in [0.25, 0.3) is 0 Å². The van der Waals surface area contributed by atoms with Gasteiger partial charge in [0.15, 0.2) is 5.96 Å². The maximum absolute atomic E-state index is 5.51. The lowest BCUT2D eigenvalue weighted by atomic mass is 10.2. The molecule has 0 radical (unpaired) electrons. The third-order valence-electron chi connectivity index (χ3n) is 2.23. The largest absolute Gasteiger partial charge is 0.383 e. The molecule has 0 aromatic rings. The molecule has 1 atom stereocenters. The second-order valence-electron chi connectivity index (χ2n) is 4.82. The first-order valence-corrected chi connectivity index (χ1v) is 6.64. The summed E-state index contributed by atoms with van der Waals surface area (Å²) in [5.74, 6) is 1.41. The van der Waals surface area contributed by atoms with Crippen LogP contribution in [0, 0.1) is 5.92 Å². The molecule has 6 heteroatoms. The normalized spacial score (nSPS) is 13.1. The minimum Gasteiger partial charge on any atom is -0.383 e. The molecule has 5 nitrogen and oxygen atoms in total. The van der Waals surface area contributed by atoms with Crippen LogP contribution in [0.2, 0.25) is 0 Å². The van der Waals surface area contributed by atoms with E-state index in [0.717, 1.165) is 32.1 Å². The summed E-state index contributed by atoms with van der Waals surface area (Å²) in [4.78, 5) is 4.15. The molecule has 0 saturated heterocycles. The van der Waals surface area contributed by atoms with E-state index in [4.69, 9.17) is 9.47 Å². The molecule has 0 aliphatic heterocycles. The van der Waals surface area contributed by atoms with E-state index >= 15 is 0 Å². The fourth-order valence-electron chi connectivity index (χ4n) is 1.42. The molecular formula is C13H30IN3O2. The molecule has 0 spiro atoms. The van der Waals surface area contributed by atoms with Gasteiger partial charge in [-0.05, 0) is 19.3 Å². The van der Waals surface area contributed by atoms with E-state index in [2.05, 4.69) is 36.4 Å². The van der Waals surface area contributed by atoms with Crippen molar-refractivity contribution in [3.05, 3.63) is 0 Å². The van der Waals surface area contributed by atoms with Crippen molar-refractivity contribution in [1.29, 1.82) is 0 Å². The van der Waals surface area contributed by atoms with Crippen LogP contribution in [0.15, 0.2) is 4.99 Å². The van der Waals surface area contributed by atoms with Gasteiger partial charge in [0, 0.05) is 40.0 Å². The van der Waals surface area contributed by atoms with E-state index in [1.165, 1.54) is 0 Å². The first-order chi connectivity index (χ1) is 8.60. The highest BCUT2D eigenvalue weighted by atomic mass is 127. The van der Waals surface area contributed by atoms with Crippen molar-refractivity contribution in [3.63, 3.8) is 0 Å². The van der Waals surface area contributed by atoms with Crippen molar-refractivity contribution >= 4 is 29.9 Å². The summed E-state index contributed by atoms with van der Waals surface area (Å²) >= 11 is 0. The number of hydrogen-bond donors (Lipinski definition) is 2. The predicted octanol–water partition coefficient (Wildman–Crippen LogP) is 1.87. The van der Waals surface area contributed by atoms with Crippen LogP contribution in [0.1, 0.15) is 27.2 Å². The Bertz CT molecular complexity index is 226. The fourth-order valence-corrected chi connectivity index (χ4v) is 1.42. The Labute approximate surface area is 134 Å². The summed E-state index contributed by atoms with van der Waals surface area (Å²) in [5.41, 5.74) is 0. The average molecular weight is 387 g/mol. The molecule has 0 saturated carbocycles. The molecule has 0 fully saturated rings. The molecule has 0 aliphatic rings. The Balaban J connectivity index is 0. The van der Waals surface area contributed by atoms with Crippen LogP contribution >= 0.6 is 24.0 Å². The van der Waals surface area contributed by atoms with Crippen LogP contribution in [0.4, 0.5) is 0 Å². The molecule has 2 N–H and O–H groups in total. The van der Waals surface area contributed by atoms with Gasteiger partial charge < -0.3 is 20.1 Å². The van der Waals surface area contributed by atoms with E-state index in [9.17, 15) is 0 Å². The number of hydrogen-bond acceptors (Lipinski definition) is 3. The smallest absolute Gasteiger partial charge is 0.191 e. The highest BCUT2D eigenvalue weighted by molar-refractivity contribution is 14.0. The minimum atomic E-state index is 0. The number of methoxy groups -OCH3 is 1. The van der Waals surface area contributed by atoms with Gasteiger partial charge in [-0.2, -0.15) is 0 Å². The molecule has 0 bridgehead atoms. The van der Waals surface area contributed by atoms with Gasteiger partial charge in [-0.3, -0.25) is 4.99 Å². The van der Waals surface area contributed by atoms with Gasteiger partial charge >= 0.3 is 0 Å².